The molecule has 1 aliphatic rings. The number of hydrogen-bond donors (Lipinski definition) is 2. The predicted molar refractivity (Wildman–Crippen MR) is 84.0 cm³/mol. The summed E-state index contributed by atoms with van der Waals surface area (Å²) in [5, 5.41) is 9.62. The summed E-state index contributed by atoms with van der Waals surface area (Å²) in [5.74, 6) is -0.185. The van der Waals surface area contributed by atoms with Crippen LogP contribution in [0.25, 0.3) is 0 Å². The second-order valence-corrected chi connectivity index (χ2v) is 6.47. The molecule has 1 aliphatic carbocycles. The van der Waals surface area contributed by atoms with Gasteiger partial charge in [0.25, 0.3) is 0 Å². The number of nitrogens with zero attached hydrogens (tertiary/aromatic N) is 1. The highest BCUT2D eigenvalue weighted by molar-refractivity contribution is 5.80. The average molecular weight is 290 g/mol. The molecule has 1 unspecified atom stereocenters. The summed E-state index contributed by atoms with van der Waals surface area (Å²) in [7, 11) is 1.99. The number of nitrogens with two attached hydrogens (primary N) is 1. The molecule has 0 heterocycles. The maximum absolute atomic E-state index is 11.7. The minimum Gasteiger partial charge on any atom is -0.480 e. The van der Waals surface area contributed by atoms with Crippen molar-refractivity contribution in [1.29, 1.82) is 0 Å². The smallest absolute Gasteiger partial charge is 0.329 e. The van der Waals surface area contributed by atoms with Crippen LogP contribution in [0.4, 0.5) is 0 Å². The maximum Gasteiger partial charge on any atom is 0.329 e. The molecule has 0 radical (unpaired) electrons. The summed E-state index contributed by atoms with van der Waals surface area (Å²) in [6.45, 7) is 2.62. The Hall–Kier alpha value is -1.39. The largest absolute Gasteiger partial charge is 0.480 e. The highest BCUT2D eigenvalue weighted by atomic mass is 16.4. The van der Waals surface area contributed by atoms with Crippen molar-refractivity contribution in [2.75, 3.05) is 13.6 Å². The van der Waals surface area contributed by atoms with Gasteiger partial charge < -0.3 is 15.7 Å². The fraction of sp³-hybridized carbons (Fsp3) is 0.588. The molecular weight excluding hydrogens is 264 g/mol. The van der Waals surface area contributed by atoms with E-state index in [9.17, 15) is 9.90 Å². The van der Waals surface area contributed by atoms with Gasteiger partial charge in [-0.3, -0.25) is 0 Å². The van der Waals surface area contributed by atoms with Gasteiger partial charge in [0, 0.05) is 12.6 Å². The Balaban J connectivity index is 2.11. The molecule has 1 aromatic carbocycles. The Bertz CT molecular complexity index is 469. The molecule has 0 amide bonds. The number of benzene rings is 1. The first-order valence-corrected chi connectivity index (χ1v) is 7.71. The van der Waals surface area contributed by atoms with Gasteiger partial charge in [-0.05, 0) is 44.2 Å². The fourth-order valence-corrected chi connectivity index (χ4v) is 3.22. The minimum absolute atomic E-state index is 0.339. The van der Waals surface area contributed by atoms with E-state index < -0.39 is 11.5 Å². The Morgan fingerprint density at radius 2 is 1.86 bits per heavy atom. The van der Waals surface area contributed by atoms with E-state index in [2.05, 4.69) is 11.8 Å². The Kier molecular flexibility index (Phi) is 5.01. The van der Waals surface area contributed by atoms with Crippen LogP contribution in [0.15, 0.2) is 30.3 Å². The van der Waals surface area contributed by atoms with Gasteiger partial charge in [0.2, 0.25) is 0 Å². The van der Waals surface area contributed by atoms with E-state index in [1.807, 2.05) is 25.2 Å². The molecule has 0 bridgehead atoms. The molecule has 0 saturated heterocycles. The van der Waals surface area contributed by atoms with Crippen LogP contribution >= 0.6 is 0 Å². The van der Waals surface area contributed by atoms with E-state index in [0.717, 1.165) is 18.8 Å². The third-order valence-electron chi connectivity index (χ3n) is 4.78. The SMILES string of the molecule is CC1CCC(N(C)CC(N)(C(=O)O)c2ccccc2)CC1. The number of likely N-dealkylation sites (N-methyl/N-ethyl adjacent to an activating group) is 1. The first kappa shape index (κ1) is 16.0. The zero-order valence-corrected chi connectivity index (χ0v) is 13.0. The normalized spacial score (nSPS) is 25.5. The topological polar surface area (TPSA) is 66.6 Å². The number of aliphatic carboxylic acids is 1. The molecule has 1 aromatic rings. The second kappa shape index (κ2) is 6.58. The predicted octanol–water partition coefficient (Wildman–Crippen LogP) is 2.44. The van der Waals surface area contributed by atoms with Crippen molar-refractivity contribution in [3.63, 3.8) is 0 Å². The van der Waals surface area contributed by atoms with Gasteiger partial charge in [0.05, 0.1) is 0 Å². The molecule has 0 aromatic heterocycles. The molecule has 4 heteroatoms. The summed E-state index contributed by atoms with van der Waals surface area (Å²) in [6, 6.07) is 9.57. The average Bonchev–Trinajstić information content (AvgIpc) is 2.48. The summed E-state index contributed by atoms with van der Waals surface area (Å²) < 4.78 is 0. The summed E-state index contributed by atoms with van der Waals surface area (Å²) in [4.78, 5) is 13.9. The standard InChI is InChI=1S/C17H26N2O2/c1-13-8-10-15(11-9-13)19(2)12-17(18,16(20)21)14-6-4-3-5-7-14/h3-7,13,15H,8-12,18H2,1-2H3,(H,20,21). The molecule has 0 aliphatic heterocycles. The van der Waals surface area contributed by atoms with Crippen molar-refractivity contribution in [2.45, 2.75) is 44.2 Å². The van der Waals surface area contributed by atoms with Gasteiger partial charge >= 0.3 is 5.97 Å². The molecular formula is C17H26N2O2. The molecule has 0 spiro atoms. The molecule has 116 valence electrons. The fourth-order valence-electron chi connectivity index (χ4n) is 3.22. The summed E-state index contributed by atoms with van der Waals surface area (Å²) in [6.07, 6.45) is 4.68. The Labute approximate surface area is 126 Å². The number of carboxylic acids is 1. The van der Waals surface area contributed by atoms with Crippen LogP contribution < -0.4 is 5.73 Å². The van der Waals surface area contributed by atoms with Crippen LogP contribution in [0, 0.1) is 5.92 Å². The van der Waals surface area contributed by atoms with Crippen molar-refractivity contribution < 1.29 is 9.90 Å². The zero-order chi connectivity index (χ0) is 15.5. The molecule has 2 rings (SSSR count). The van der Waals surface area contributed by atoms with Gasteiger partial charge in [-0.2, -0.15) is 0 Å². The monoisotopic (exact) mass is 290 g/mol. The van der Waals surface area contributed by atoms with Crippen molar-refractivity contribution in [3.05, 3.63) is 35.9 Å². The van der Waals surface area contributed by atoms with E-state index in [1.54, 1.807) is 12.1 Å². The maximum atomic E-state index is 11.7. The zero-order valence-electron chi connectivity index (χ0n) is 13.0. The molecule has 1 fully saturated rings. The Morgan fingerprint density at radius 1 is 1.29 bits per heavy atom. The van der Waals surface area contributed by atoms with Gasteiger partial charge in [-0.1, -0.05) is 37.3 Å². The van der Waals surface area contributed by atoms with Crippen molar-refractivity contribution in [3.8, 4) is 0 Å². The highest BCUT2D eigenvalue weighted by Gasteiger charge is 2.38. The molecule has 1 atom stereocenters. The van der Waals surface area contributed by atoms with E-state index in [1.165, 1.54) is 12.8 Å². The number of hydrogen-bond acceptors (Lipinski definition) is 3. The van der Waals surface area contributed by atoms with Gasteiger partial charge in [0.15, 0.2) is 5.54 Å². The van der Waals surface area contributed by atoms with Crippen molar-refractivity contribution in [2.24, 2.45) is 11.7 Å². The number of rotatable bonds is 5. The lowest BCUT2D eigenvalue weighted by Crippen LogP contribution is -2.54. The van der Waals surface area contributed by atoms with Crippen LogP contribution in [-0.4, -0.2) is 35.6 Å². The second-order valence-electron chi connectivity index (χ2n) is 6.47. The van der Waals surface area contributed by atoms with Crippen LogP contribution in [-0.2, 0) is 10.3 Å². The molecule has 3 N–H and O–H groups in total. The van der Waals surface area contributed by atoms with Gasteiger partial charge in [-0.25, -0.2) is 4.79 Å². The van der Waals surface area contributed by atoms with Crippen molar-refractivity contribution in [1.82, 2.24) is 4.90 Å². The number of carboxylic acid groups (broad SMARTS) is 1. The molecule has 1 saturated carbocycles. The molecule has 4 nitrogen and oxygen atoms in total. The van der Waals surface area contributed by atoms with Crippen LogP contribution in [0.3, 0.4) is 0 Å². The minimum atomic E-state index is -1.35. The third-order valence-corrected chi connectivity index (χ3v) is 4.78. The third kappa shape index (κ3) is 3.63. The van der Waals surface area contributed by atoms with E-state index >= 15 is 0 Å². The lowest BCUT2D eigenvalue weighted by molar-refractivity contribution is -0.144. The van der Waals surface area contributed by atoms with Crippen molar-refractivity contribution >= 4 is 5.97 Å². The first-order chi connectivity index (χ1) is 9.93. The van der Waals surface area contributed by atoms with E-state index in [4.69, 9.17) is 5.73 Å². The van der Waals surface area contributed by atoms with Gasteiger partial charge in [0.1, 0.15) is 0 Å². The summed E-state index contributed by atoms with van der Waals surface area (Å²) >= 11 is 0. The van der Waals surface area contributed by atoms with E-state index in [-0.39, 0.29) is 0 Å². The quantitative estimate of drug-likeness (QED) is 0.874. The first-order valence-electron chi connectivity index (χ1n) is 7.71. The van der Waals surface area contributed by atoms with Crippen LogP contribution in [0.2, 0.25) is 0 Å². The summed E-state index contributed by atoms with van der Waals surface area (Å²) in [5.41, 5.74) is 5.57. The van der Waals surface area contributed by atoms with Crippen LogP contribution in [0.5, 0.6) is 0 Å². The van der Waals surface area contributed by atoms with Gasteiger partial charge in [-0.15, -0.1) is 0 Å². The molecule has 21 heavy (non-hydrogen) atoms. The lowest BCUT2D eigenvalue weighted by Gasteiger charge is -2.38. The lowest BCUT2D eigenvalue weighted by atomic mass is 9.85. The number of carbonyl (C=O) groups is 1. The van der Waals surface area contributed by atoms with Crippen LogP contribution in [0.1, 0.15) is 38.2 Å². The highest BCUT2D eigenvalue weighted by Crippen LogP contribution is 2.28. The van der Waals surface area contributed by atoms with E-state index in [0.29, 0.717) is 18.2 Å². The Morgan fingerprint density at radius 3 is 2.38 bits per heavy atom.